The van der Waals surface area contributed by atoms with Crippen LogP contribution in [0.3, 0.4) is 0 Å². The van der Waals surface area contributed by atoms with Gasteiger partial charge in [-0.2, -0.15) is 0 Å². The van der Waals surface area contributed by atoms with Crippen molar-refractivity contribution in [2.45, 2.75) is 19.8 Å². The minimum absolute atomic E-state index is 0.0291. The van der Waals surface area contributed by atoms with Gasteiger partial charge in [-0.25, -0.2) is 26.9 Å². The zero-order valence-electron chi connectivity index (χ0n) is 12.1. The molecule has 0 unspecified atom stereocenters. The standard InChI is InChI=1S/C15H11F5N2O/c1-6(2)15-21-7(5-9(23)22-15)3-4-8-10(16)12(18)14(20)13(19)11(8)17/h3-6H,1-2H3,(H,21,22,23)/b4-3+. The predicted octanol–water partition coefficient (Wildman–Crippen LogP) is 3.76. The molecule has 0 saturated carbocycles. The molecule has 0 bridgehead atoms. The number of hydrogen-bond donors (Lipinski definition) is 1. The lowest BCUT2D eigenvalue weighted by atomic mass is 10.1. The molecule has 23 heavy (non-hydrogen) atoms. The molecule has 2 rings (SSSR count). The molecule has 2 aromatic rings. The summed E-state index contributed by atoms with van der Waals surface area (Å²) in [5, 5.41) is 0. The molecular weight excluding hydrogens is 319 g/mol. The first kappa shape index (κ1) is 16.9. The highest BCUT2D eigenvalue weighted by Crippen LogP contribution is 2.24. The van der Waals surface area contributed by atoms with Crippen LogP contribution in [0.5, 0.6) is 0 Å². The van der Waals surface area contributed by atoms with Crippen molar-refractivity contribution in [1.82, 2.24) is 9.97 Å². The van der Waals surface area contributed by atoms with Crippen LogP contribution in [0.25, 0.3) is 12.2 Å². The minimum Gasteiger partial charge on any atom is -0.310 e. The largest absolute Gasteiger partial charge is 0.310 e. The van der Waals surface area contributed by atoms with E-state index in [9.17, 15) is 26.7 Å². The van der Waals surface area contributed by atoms with Gasteiger partial charge in [0.25, 0.3) is 5.56 Å². The van der Waals surface area contributed by atoms with Crippen molar-refractivity contribution < 1.29 is 22.0 Å². The summed E-state index contributed by atoms with van der Waals surface area (Å²) in [4.78, 5) is 18.0. The summed E-state index contributed by atoms with van der Waals surface area (Å²) in [6.07, 6.45) is 1.68. The topological polar surface area (TPSA) is 45.8 Å². The quantitative estimate of drug-likeness (QED) is 0.529. The molecule has 0 spiro atoms. The second-order valence-corrected chi connectivity index (χ2v) is 5.03. The minimum atomic E-state index is -2.23. The van der Waals surface area contributed by atoms with E-state index in [2.05, 4.69) is 9.97 Å². The molecular formula is C15H11F5N2O. The van der Waals surface area contributed by atoms with Crippen LogP contribution in [0.15, 0.2) is 10.9 Å². The zero-order valence-corrected chi connectivity index (χ0v) is 12.1. The number of nitrogens with one attached hydrogen (secondary N) is 1. The zero-order chi connectivity index (χ0) is 17.3. The summed E-state index contributed by atoms with van der Waals surface area (Å²) in [5.41, 5.74) is -1.57. The number of halogens is 5. The van der Waals surface area contributed by atoms with Gasteiger partial charge in [0, 0.05) is 12.0 Å². The first-order valence-electron chi connectivity index (χ1n) is 6.53. The number of aromatic amines is 1. The van der Waals surface area contributed by atoms with Crippen molar-refractivity contribution in [1.29, 1.82) is 0 Å². The Labute approximate surface area is 127 Å². The fourth-order valence-electron chi connectivity index (χ4n) is 1.79. The van der Waals surface area contributed by atoms with Gasteiger partial charge in [0.05, 0.1) is 11.3 Å². The van der Waals surface area contributed by atoms with E-state index >= 15 is 0 Å². The number of hydrogen-bond acceptors (Lipinski definition) is 2. The summed E-state index contributed by atoms with van der Waals surface area (Å²) >= 11 is 0. The molecule has 0 amide bonds. The fraction of sp³-hybridized carbons (Fsp3) is 0.200. The van der Waals surface area contributed by atoms with Crippen LogP contribution in [0.2, 0.25) is 0 Å². The van der Waals surface area contributed by atoms with E-state index in [0.717, 1.165) is 12.1 Å². The predicted molar refractivity (Wildman–Crippen MR) is 74.1 cm³/mol. The molecule has 1 aromatic carbocycles. The van der Waals surface area contributed by atoms with Crippen molar-refractivity contribution in [3.05, 3.63) is 62.6 Å². The third kappa shape index (κ3) is 3.30. The molecule has 122 valence electrons. The SMILES string of the molecule is CC(C)c1nc(/C=C/c2c(F)c(F)c(F)c(F)c2F)cc(=O)[nH]1. The summed E-state index contributed by atoms with van der Waals surface area (Å²) in [6.45, 7) is 3.52. The van der Waals surface area contributed by atoms with Crippen LogP contribution in [0, 0.1) is 29.1 Å². The van der Waals surface area contributed by atoms with Gasteiger partial charge < -0.3 is 4.98 Å². The highest BCUT2D eigenvalue weighted by atomic mass is 19.2. The van der Waals surface area contributed by atoms with E-state index in [-0.39, 0.29) is 11.6 Å². The van der Waals surface area contributed by atoms with E-state index < -0.39 is 40.2 Å². The van der Waals surface area contributed by atoms with Crippen LogP contribution in [0.1, 0.15) is 36.8 Å². The van der Waals surface area contributed by atoms with E-state index in [4.69, 9.17) is 0 Å². The smallest absolute Gasteiger partial charge is 0.251 e. The van der Waals surface area contributed by atoms with Crippen molar-refractivity contribution >= 4 is 12.2 Å². The van der Waals surface area contributed by atoms with Gasteiger partial charge in [0.2, 0.25) is 5.82 Å². The average molecular weight is 330 g/mol. The Kier molecular flexibility index (Phi) is 4.63. The molecule has 1 aromatic heterocycles. The van der Waals surface area contributed by atoms with E-state index in [0.29, 0.717) is 11.9 Å². The van der Waals surface area contributed by atoms with Crippen LogP contribution in [0.4, 0.5) is 22.0 Å². The van der Waals surface area contributed by atoms with Crippen LogP contribution in [-0.4, -0.2) is 9.97 Å². The first-order chi connectivity index (χ1) is 10.7. The molecule has 0 radical (unpaired) electrons. The number of rotatable bonds is 3. The Hall–Kier alpha value is -2.51. The number of nitrogens with zero attached hydrogens (tertiary/aromatic N) is 1. The van der Waals surface area contributed by atoms with Gasteiger partial charge in [-0.05, 0) is 12.2 Å². The van der Waals surface area contributed by atoms with Crippen molar-refractivity contribution in [2.24, 2.45) is 0 Å². The maximum Gasteiger partial charge on any atom is 0.251 e. The number of benzene rings is 1. The maximum absolute atomic E-state index is 13.5. The Bertz CT molecular complexity index is 813. The van der Waals surface area contributed by atoms with Gasteiger partial charge in [0.1, 0.15) is 5.82 Å². The monoisotopic (exact) mass is 330 g/mol. The molecule has 1 N–H and O–H groups in total. The first-order valence-corrected chi connectivity index (χ1v) is 6.53. The van der Waals surface area contributed by atoms with Gasteiger partial charge in [-0.3, -0.25) is 4.79 Å². The summed E-state index contributed by atoms with van der Waals surface area (Å²) < 4.78 is 66.2. The second kappa shape index (κ2) is 6.31. The average Bonchev–Trinajstić information content (AvgIpc) is 2.50. The van der Waals surface area contributed by atoms with E-state index in [1.54, 1.807) is 13.8 Å². The molecule has 0 aliphatic heterocycles. The molecule has 3 nitrogen and oxygen atoms in total. The van der Waals surface area contributed by atoms with Crippen LogP contribution < -0.4 is 5.56 Å². The van der Waals surface area contributed by atoms with Crippen molar-refractivity contribution in [3.63, 3.8) is 0 Å². The highest BCUT2D eigenvalue weighted by Gasteiger charge is 2.24. The van der Waals surface area contributed by atoms with Gasteiger partial charge in [0.15, 0.2) is 23.3 Å². The lowest BCUT2D eigenvalue weighted by Gasteiger charge is -2.05. The highest BCUT2D eigenvalue weighted by molar-refractivity contribution is 5.68. The van der Waals surface area contributed by atoms with Crippen LogP contribution >= 0.6 is 0 Å². The Morgan fingerprint density at radius 3 is 2.00 bits per heavy atom. The molecule has 0 saturated heterocycles. The lowest BCUT2D eigenvalue weighted by molar-refractivity contribution is 0.377. The van der Waals surface area contributed by atoms with Gasteiger partial charge in [-0.15, -0.1) is 0 Å². The maximum atomic E-state index is 13.5. The van der Waals surface area contributed by atoms with Crippen molar-refractivity contribution in [3.8, 4) is 0 Å². The Balaban J connectivity index is 2.52. The van der Waals surface area contributed by atoms with Gasteiger partial charge in [-0.1, -0.05) is 13.8 Å². The Morgan fingerprint density at radius 2 is 1.48 bits per heavy atom. The van der Waals surface area contributed by atoms with Crippen molar-refractivity contribution in [2.75, 3.05) is 0 Å². The molecule has 1 heterocycles. The summed E-state index contributed by atoms with van der Waals surface area (Å²) in [7, 11) is 0. The summed E-state index contributed by atoms with van der Waals surface area (Å²) in [6, 6.07) is 1.04. The number of aromatic nitrogens is 2. The fourth-order valence-corrected chi connectivity index (χ4v) is 1.79. The van der Waals surface area contributed by atoms with Gasteiger partial charge >= 0.3 is 0 Å². The third-order valence-corrected chi connectivity index (χ3v) is 2.99. The van der Waals surface area contributed by atoms with Crippen LogP contribution in [-0.2, 0) is 0 Å². The molecule has 0 aliphatic rings. The molecule has 8 heteroatoms. The molecule has 0 atom stereocenters. The lowest BCUT2D eigenvalue weighted by Crippen LogP contribution is -2.12. The number of H-pyrrole nitrogens is 1. The normalized spacial score (nSPS) is 11.7. The second-order valence-electron chi connectivity index (χ2n) is 5.03. The molecule has 0 aliphatic carbocycles. The summed E-state index contributed by atoms with van der Waals surface area (Å²) in [5.74, 6) is -10.00. The Morgan fingerprint density at radius 1 is 0.957 bits per heavy atom. The van der Waals surface area contributed by atoms with E-state index in [1.165, 1.54) is 0 Å². The molecule has 0 fully saturated rings. The third-order valence-electron chi connectivity index (χ3n) is 2.99. The van der Waals surface area contributed by atoms with E-state index in [1.807, 2.05) is 0 Å².